The Morgan fingerprint density at radius 2 is 1.80 bits per heavy atom. The number of nitrogens with one attached hydrogen (secondary N) is 1. The third-order valence-electron chi connectivity index (χ3n) is 4.97. The Kier molecular flexibility index (Phi) is 8.13. The fourth-order valence-corrected chi connectivity index (χ4v) is 3.26. The van der Waals surface area contributed by atoms with Crippen molar-refractivity contribution in [1.82, 2.24) is 10.2 Å². The smallest absolute Gasteiger partial charge is 0.00684 e. The molecule has 1 aliphatic rings. The van der Waals surface area contributed by atoms with Crippen LogP contribution in [0.25, 0.3) is 0 Å². The van der Waals surface area contributed by atoms with Crippen molar-refractivity contribution in [3.63, 3.8) is 0 Å². The molecule has 120 valence electrons. The van der Waals surface area contributed by atoms with Gasteiger partial charge in [0, 0.05) is 25.7 Å². The number of rotatable bonds is 12. The van der Waals surface area contributed by atoms with Gasteiger partial charge in [-0.25, -0.2) is 0 Å². The Balaban J connectivity index is 2.49. The molecule has 0 radical (unpaired) electrons. The van der Waals surface area contributed by atoms with Gasteiger partial charge in [-0.1, -0.05) is 53.9 Å². The summed E-state index contributed by atoms with van der Waals surface area (Å²) in [6.45, 7) is 16.7. The zero-order chi connectivity index (χ0) is 15.0. The minimum absolute atomic E-state index is 0.444. The molecule has 1 unspecified atom stereocenters. The van der Waals surface area contributed by atoms with Crippen molar-refractivity contribution in [2.75, 3.05) is 26.2 Å². The summed E-state index contributed by atoms with van der Waals surface area (Å²) in [6, 6.07) is 0.834. The number of hydrogen-bond acceptors (Lipinski definition) is 2. The summed E-state index contributed by atoms with van der Waals surface area (Å²) >= 11 is 0. The molecule has 20 heavy (non-hydrogen) atoms. The van der Waals surface area contributed by atoms with Crippen molar-refractivity contribution < 1.29 is 0 Å². The zero-order valence-corrected chi connectivity index (χ0v) is 14.7. The molecule has 0 aromatic heterocycles. The van der Waals surface area contributed by atoms with Crippen LogP contribution in [0.1, 0.15) is 73.1 Å². The highest BCUT2D eigenvalue weighted by Gasteiger charge is 2.29. The summed E-state index contributed by atoms with van der Waals surface area (Å²) < 4.78 is 0. The van der Waals surface area contributed by atoms with E-state index in [1.54, 1.807) is 0 Å². The molecule has 0 aliphatic heterocycles. The van der Waals surface area contributed by atoms with Crippen LogP contribution in [0.2, 0.25) is 0 Å². The highest BCUT2D eigenvalue weighted by molar-refractivity contribution is 4.87. The lowest BCUT2D eigenvalue weighted by Crippen LogP contribution is -2.44. The van der Waals surface area contributed by atoms with Crippen LogP contribution < -0.4 is 5.32 Å². The summed E-state index contributed by atoms with van der Waals surface area (Å²) in [5.41, 5.74) is 0.444. The van der Waals surface area contributed by atoms with E-state index in [4.69, 9.17) is 0 Å². The largest absolute Gasteiger partial charge is 0.313 e. The van der Waals surface area contributed by atoms with Crippen molar-refractivity contribution in [3.05, 3.63) is 0 Å². The van der Waals surface area contributed by atoms with Crippen LogP contribution in [0, 0.1) is 11.3 Å². The molecule has 0 aromatic carbocycles. The van der Waals surface area contributed by atoms with Gasteiger partial charge in [0.25, 0.3) is 0 Å². The van der Waals surface area contributed by atoms with Crippen molar-refractivity contribution in [2.24, 2.45) is 11.3 Å². The average Bonchev–Trinajstić information content (AvgIpc) is 3.26. The van der Waals surface area contributed by atoms with E-state index < -0.39 is 0 Å². The first-order chi connectivity index (χ1) is 9.56. The van der Waals surface area contributed by atoms with Crippen molar-refractivity contribution in [1.29, 1.82) is 0 Å². The molecule has 0 saturated heterocycles. The van der Waals surface area contributed by atoms with Gasteiger partial charge in [-0.3, -0.25) is 0 Å². The lowest BCUT2D eigenvalue weighted by atomic mass is 9.84. The lowest BCUT2D eigenvalue weighted by Gasteiger charge is -2.37. The maximum absolute atomic E-state index is 3.77. The van der Waals surface area contributed by atoms with E-state index in [2.05, 4.69) is 44.8 Å². The first kappa shape index (κ1) is 18.0. The summed E-state index contributed by atoms with van der Waals surface area (Å²) in [5, 5.41) is 3.77. The van der Waals surface area contributed by atoms with E-state index >= 15 is 0 Å². The number of nitrogens with zero attached hydrogens (tertiary/aromatic N) is 1. The maximum Gasteiger partial charge on any atom is 0.00684 e. The summed E-state index contributed by atoms with van der Waals surface area (Å²) in [7, 11) is 0. The Bertz CT molecular complexity index is 246. The van der Waals surface area contributed by atoms with Crippen LogP contribution in [0.15, 0.2) is 0 Å². The van der Waals surface area contributed by atoms with Crippen LogP contribution in [-0.2, 0) is 0 Å². The van der Waals surface area contributed by atoms with Crippen molar-refractivity contribution in [2.45, 2.75) is 79.2 Å². The quantitative estimate of drug-likeness (QED) is 0.574. The molecule has 0 bridgehead atoms. The molecule has 0 spiro atoms. The molecule has 1 aliphatic carbocycles. The molecular formula is C18H38N2. The van der Waals surface area contributed by atoms with Gasteiger partial charge in [-0.05, 0) is 37.1 Å². The van der Waals surface area contributed by atoms with Gasteiger partial charge in [0.2, 0.25) is 0 Å². The fourth-order valence-electron chi connectivity index (χ4n) is 3.26. The first-order valence-corrected chi connectivity index (χ1v) is 9.02. The van der Waals surface area contributed by atoms with Crippen LogP contribution in [0.5, 0.6) is 0 Å². The van der Waals surface area contributed by atoms with E-state index in [0.717, 1.165) is 12.0 Å². The summed E-state index contributed by atoms with van der Waals surface area (Å²) in [4.78, 5) is 2.70. The van der Waals surface area contributed by atoms with Crippen LogP contribution in [0.4, 0.5) is 0 Å². The zero-order valence-electron chi connectivity index (χ0n) is 14.7. The Morgan fingerprint density at radius 3 is 2.25 bits per heavy atom. The highest BCUT2D eigenvalue weighted by Crippen LogP contribution is 2.27. The minimum atomic E-state index is 0.444. The Hall–Kier alpha value is -0.0800. The van der Waals surface area contributed by atoms with Crippen LogP contribution >= 0.6 is 0 Å². The van der Waals surface area contributed by atoms with Gasteiger partial charge < -0.3 is 10.2 Å². The lowest BCUT2D eigenvalue weighted by molar-refractivity contribution is 0.135. The number of hydrogen-bond donors (Lipinski definition) is 1. The average molecular weight is 283 g/mol. The van der Waals surface area contributed by atoms with E-state index in [1.165, 1.54) is 64.7 Å². The standard InChI is InChI=1S/C18H38N2/c1-6-12-18(5,14-19-17-10-11-17)15-20(9-4)13-16(7-2)8-3/h16-17,19H,6-15H2,1-5H3. The maximum atomic E-state index is 3.77. The van der Waals surface area contributed by atoms with E-state index in [9.17, 15) is 0 Å². The second-order valence-corrected chi connectivity index (χ2v) is 7.23. The SMILES string of the molecule is CCCC(C)(CNC1CC1)CN(CC)CC(CC)CC. The molecule has 1 saturated carbocycles. The molecule has 0 heterocycles. The Labute approximate surface area is 127 Å². The molecular weight excluding hydrogens is 244 g/mol. The molecule has 1 rings (SSSR count). The van der Waals surface area contributed by atoms with Crippen LogP contribution in [-0.4, -0.2) is 37.1 Å². The molecule has 1 fully saturated rings. The Morgan fingerprint density at radius 1 is 1.15 bits per heavy atom. The molecule has 0 aromatic rings. The molecule has 2 heteroatoms. The topological polar surface area (TPSA) is 15.3 Å². The fraction of sp³-hybridized carbons (Fsp3) is 1.00. The second kappa shape index (κ2) is 9.04. The van der Waals surface area contributed by atoms with E-state index in [0.29, 0.717) is 5.41 Å². The van der Waals surface area contributed by atoms with Gasteiger partial charge >= 0.3 is 0 Å². The molecule has 2 nitrogen and oxygen atoms in total. The first-order valence-electron chi connectivity index (χ1n) is 9.02. The van der Waals surface area contributed by atoms with Crippen LogP contribution in [0.3, 0.4) is 0 Å². The van der Waals surface area contributed by atoms with Crippen molar-refractivity contribution in [3.8, 4) is 0 Å². The normalized spacial score (nSPS) is 18.8. The second-order valence-electron chi connectivity index (χ2n) is 7.23. The molecule has 0 amide bonds. The highest BCUT2D eigenvalue weighted by atomic mass is 15.1. The van der Waals surface area contributed by atoms with Gasteiger partial charge in [-0.15, -0.1) is 0 Å². The minimum Gasteiger partial charge on any atom is -0.313 e. The van der Waals surface area contributed by atoms with Gasteiger partial charge in [0.1, 0.15) is 0 Å². The third kappa shape index (κ3) is 6.58. The summed E-state index contributed by atoms with van der Waals surface area (Å²) in [6.07, 6.45) is 8.06. The predicted molar refractivity (Wildman–Crippen MR) is 90.2 cm³/mol. The molecule has 1 N–H and O–H groups in total. The van der Waals surface area contributed by atoms with Crippen molar-refractivity contribution >= 4 is 0 Å². The van der Waals surface area contributed by atoms with Gasteiger partial charge in [0.05, 0.1) is 0 Å². The van der Waals surface area contributed by atoms with Gasteiger partial charge in [0.15, 0.2) is 0 Å². The van der Waals surface area contributed by atoms with E-state index in [-0.39, 0.29) is 0 Å². The predicted octanol–water partition coefficient (Wildman–Crippen LogP) is 4.30. The third-order valence-corrected chi connectivity index (χ3v) is 4.97. The van der Waals surface area contributed by atoms with E-state index in [1.807, 2.05) is 0 Å². The van der Waals surface area contributed by atoms with Gasteiger partial charge in [-0.2, -0.15) is 0 Å². The summed E-state index contributed by atoms with van der Waals surface area (Å²) in [5.74, 6) is 0.872. The molecule has 1 atom stereocenters. The monoisotopic (exact) mass is 282 g/mol.